The van der Waals surface area contributed by atoms with Crippen molar-refractivity contribution >= 4 is 34.3 Å². The molecule has 0 saturated heterocycles. The standard InChI is InChI=1S/C23H24N2O5/c1-14-11-21(27)29-19-13-17(9-10-18(14)19)24-20(26)12-15-5-7-16(8-6-15)25-22(28)30-23(2,3)4/h5-11,13H,12H2,1-4H3,(H,24,26)(H,25,28). The number of fused-ring (bicyclic) bond motifs is 1. The van der Waals surface area contributed by atoms with E-state index in [1.807, 2.05) is 6.92 Å². The Hall–Kier alpha value is -3.61. The van der Waals surface area contributed by atoms with Crippen molar-refractivity contribution in [1.29, 1.82) is 0 Å². The monoisotopic (exact) mass is 408 g/mol. The lowest BCUT2D eigenvalue weighted by molar-refractivity contribution is -0.115. The van der Waals surface area contributed by atoms with Gasteiger partial charge in [-0.2, -0.15) is 0 Å². The molecule has 0 spiro atoms. The minimum atomic E-state index is -0.577. The van der Waals surface area contributed by atoms with Crippen LogP contribution >= 0.6 is 0 Å². The summed E-state index contributed by atoms with van der Waals surface area (Å²) in [5.74, 6) is -0.211. The van der Waals surface area contributed by atoms with Crippen LogP contribution in [0.1, 0.15) is 31.9 Å². The molecular weight excluding hydrogens is 384 g/mol. The van der Waals surface area contributed by atoms with Gasteiger partial charge >= 0.3 is 11.7 Å². The van der Waals surface area contributed by atoms with E-state index in [-0.39, 0.29) is 12.3 Å². The van der Waals surface area contributed by atoms with Crippen molar-refractivity contribution in [2.75, 3.05) is 10.6 Å². The third-order valence-electron chi connectivity index (χ3n) is 4.20. The zero-order chi connectivity index (χ0) is 21.9. The highest BCUT2D eigenvalue weighted by molar-refractivity contribution is 5.94. The Balaban J connectivity index is 1.62. The summed E-state index contributed by atoms with van der Waals surface area (Å²) >= 11 is 0. The summed E-state index contributed by atoms with van der Waals surface area (Å²) in [5.41, 5.74) is 2.15. The molecule has 0 radical (unpaired) electrons. The molecule has 0 aliphatic rings. The van der Waals surface area contributed by atoms with Crippen molar-refractivity contribution in [1.82, 2.24) is 0 Å². The van der Waals surface area contributed by atoms with Gasteiger partial charge in [0.2, 0.25) is 5.91 Å². The molecule has 3 rings (SSSR count). The first-order valence-corrected chi connectivity index (χ1v) is 9.52. The third kappa shape index (κ3) is 5.70. The van der Waals surface area contributed by atoms with E-state index in [0.29, 0.717) is 17.0 Å². The summed E-state index contributed by atoms with van der Waals surface area (Å²) in [6.45, 7) is 7.20. The number of hydrogen-bond donors (Lipinski definition) is 2. The van der Waals surface area contributed by atoms with E-state index in [1.54, 1.807) is 63.2 Å². The predicted molar refractivity (Wildman–Crippen MR) is 116 cm³/mol. The van der Waals surface area contributed by atoms with Crippen LogP contribution in [0, 0.1) is 6.92 Å². The molecule has 0 unspecified atom stereocenters. The van der Waals surface area contributed by atoms with Crippen LogP contribution in [0.3, 0.4) is 0 Å². The molecule has 0 fully saturated rings. The highest BCUT2D eigenvalue weighted by atomic mass is 16.6. The first-order chi connectivity index (χ1) is 14.1. The fraction of sp³-hybridized carbons (Fsp3) is 0.261. The van der Waals surface area contributed by atoms with E-state index >= 15 is 0 Å². The summed E-state index contributed by atoms with van der Waals surface area (Å²) in [7, 11) is 0. The summed E-state index contributed by atoms with van der Waals surface area (Å²) in [5, 5.41) is 6.27. The summed E-state index contributed by atoms with van der Waals surface area (Å²) < 4.78 is 10.4. The lowest BCUT2D eigenvalue weighted by Crippen LogP contribution is -2.27. The minimum Gasteiger partial charge on any atom is -0.444 e. The Labute approximate surface area is 174 Å². The zero-order valence-corrected chi connectivity index (χ0v) is 17.4. The number of benzene rings is 2. The van der Waals surface area contributed by atoms with Gasteiger partial charge in [0.25, 0.3) is 0 Å². The van der Waals surface area contributed by atoms with Crippen molar-refractivity contribution in [3.63, 3.8) is 0 Å². The largest absolute Gasteiger partial charge is 0.444 e. The molecule has 156 valence electrons. The van der Waals surface area contributed by atoms with E-state index in [9.17, 15) is 14.4 Å². The smallest absolute Gasteiger partial charge is 0.412 e. The molecule has 0 aliphatic heterocycles. The lowest BCUT2D eigenvalue weighted by atomic mass is 10.1. The lowest BCUT2D eigenvalue weighted by Gasteiger charge is -2.19. The molecule has 0 atom stereocenters. The Morgan fingerprint density at radius 3 is 2.30 bits per heavy atom. The molecule has 0 saturated carbocycles. The van der Waals surface area contributed by atoms with Crippen molar-refractivity contribution in [3.05, 3.63) is 70.1 Å². The van der Waals surface area contributed by atoms with Crippen LogP contribution in [0.4, 0.5) is 16.2 Å². The summed E-state index contributed by atoms with van der Waals surface area (Å²) in [4.78, 5) is 35.7. The predicted octanol–water partition coefficient (Wildman–Crippen LogP) is 4.63. The molecule has 2 aromatic carbocycles. The SMILES string of the molecule is Cc1cc(=O)oc2cc(NC(=O)Cc3ccc(NC(=O)OC(C)(C)C)cc3)ccc12. The topological polar surface area (TPSA) is 97.6 Å². The number of carbonyl (C=O) groups is 2. The highest BCUT2D eigenvalue weighted by Gasteiger charge is 2.16. The summed E-state index contributed by atoms with van der Waals surface area (Å²) in [6.07, 6.45) is -0.381. The number of rotatable bonds is 4. The van der Waals surface area contributed by atoms with Crippen LogP contribution in [-0.4, -0.2) is 17.6 Å². The number of anilines is 2. The van der Waals surface area contributed by atoms with Crippen molar-refractivity contribution < 1.29 is 18.7 Å². The van der Waals surface area contributed by atoms with Gasteiger partial charge in [-0.25, -0.2) is 9.59 Å². The maximum Gasteiger partial charge on any atom is 0.412 e. The number of carbonyl (C=O) groups excluding carboxylic acids is 2. The second-order valence-electron chi connectivity index (χ2n) is 8.01. The molecule has 0 aliphatic carbocycles. The molecule has 0 bridgehead atoms. The number of amides is 2. The molecule has 2 N–H and O–H groups in total. The fourth-order valence-corrected chi connectivity index (χ4v) is 2.92. The summed E-state index contributed by atoms with van der Waals surface area (Å²) in [6, 6.07) is 13.6. The Morgan fingerprint density at radius 1 is 0.967 bits per heavy atom. The maximum absolute atomic E-state index is 12.4. The quantitative estimate of drug-likeness (QED) is 0.614. The van der Waals surface area contributed by atoms with Gasteiger partial charge in [0.05, 0.1) is 6.42 Å². The van der Waals surface area contributed by atoms with Gasteiger partial charge in [-0.05, 0) is 63.1 Å². The molecule has 7 heteroatoms. The molecule has 3 aromatic rings. The maximum atomic E-state index is 12.4. The first-order valence-electron chi connectivity index (χ1n) is 9.52. The van der Waals surface area contributed by atoms with E-state index in [4.69, 9.17) is 9.15 Å². The van der Waals surface area contributed by atoms with Gasteiger partial charge in [0.15, 0.2) is 0 Å². The van der Waals surface area contributed by atoms with Crippen molar-refractivity contribution in [2.24, 2.45) is 0 Å². The second-order valence-corrected chi connectivity index (χ2v) is 8.01. The average Bonchev–Trinajstić information content (AvgIpc) is 2.61. The van der Waals surface area contributed by atoms with Crippen LogP contribution < -0.4 is 16.3 Å². The van der Waals surface area contributed by atoms with E-state index in [0.717, 1.165) is 16.5 Å². The van der Waals surface area contributed by atoms with Crippen LogP contribution in [0.2, 0.25) is 0 Å². The Kier molecular flexibility index (Phi) is 5.91. The van der Waals surface area contributed by atoms with Crippen LogP contribution in [-0.2, 0) is 16.0 Å². The second kappa shape index (κ2) is 8.41. The van der Waals surface area contributed by atoms with Crippen LogP contribution in [0.25, 0.3) is 11.0 Å². The molecule has 2 amide bonds. The van der Waals surface area contributed by atoms with Crippen molar-refractivity contribution in [2.45, 2.75) is 39.7 Å². The van der Waals surface area contributed by atoms with Crippen LogP contribution in [0.5, 0.6) is 0 Å². The molecule has 1 aromatic heterocycles. The minimum absolute atomic E-state index is 0.155. The number of ether oxygens (including phenoxy) is 1. The van der Waals surface area contributed by atoms with Gasteiger partial charge < -0.3 is 14.5 Å². The molecule has 1 heterocycles. The molecular formula is C23H24N2O5. The highest BCUT2D eigenvalue weighted by Crippen LogP contribution is 2.21. The third-order valence-corrected chi connectivity index (χ3v) is 4.20. The van der Waals surface area contributed by atoms with Gasteiger partial charge in [-0.15, -0.1) is 0 Å². The van der Waals surface area contributed by atoms with Gasteiger partial charge in [-0.3, -0.25) is 10.1 Å². The number of nitrogens with one attached hydrogen (secondary N) is 2. The molecule has 7 nitrogen and oxygen atoms in total. The first kappa shape index (κ1) is 21.1. The normalized spacial score (nSPS) is 11.2. The molecule has 30 heavy (non-hydrogen) atoms. The zero-order valence-electron chi connectivity index (χ0n) is 17.4. The Bertz CT molecular complexity index is 1140. The van der Waals surface area contributed by atoms with Crippen LogP contribution in [0.15, 0.2) is 57.7 Å². The average molecular weight is 408 g/mol. The van der Waals surface area contributed by atoms with Gasteiger partial charge in [-0.1, -0.05) is 12.1 Å². The van der Waals surface area contributed by atoms with E-state index < -0.39 is 17.3 Å². The fourth-order valence-electron chi connectivity index (χ4n) is 2.92. The van der Waals surface area contributed by atoms with E-state index in [1.165, 1.54) is 6.07 Å². The van der Waals surface area contributed by atoms with Gasteiger partial charge in [0.1, 0.15) is 11.2 Å². The van der Waals surface area contributed by atoms with Crippen molar-refractivity contribution in [3.8, 4) is 0 Å². The van der Waals surface area contributed by atoms with E-state index in [2.05, 4.69) is 10.6 Å². The van der Waals surface area contributed by atoms with Gasteiger partial charge in [0, 0.05) is 28.9 Å². The number of aryl methyl sites for hydroxylation is 1. The Morgan fingerprint density at radius 2 is 1.63 bits per heavy atom. The number of hydrogen-bond acceptors (Lipinski definition) is 5.